The Hall–Kier alpha value is -3.53. The SMILES string of the molecule is NC(=O)OCCc1ncc(-c2ccc(NC(=O)Nc3cc(F)cc(F)c3)cc2)s1. The second kappa shape index (κ2) is 9.11. The monoisotopic (exact) mass is 418 g/mol. The van der Waals surface area contributed by atoms with Gasteiger partial charge < -0.3 is 21.1 Å². The summed E-state index contributed by atoms with van der Waals surface area (Å²) in [6, 6.07) is 9.11. The van der Waals surface area contributed by atoms with Gasteiger partial charge in [0.1, 0.15) is 11.6 Å². The first-order valence-electron chi connectivity index (χ1n) is 8.40. The molecule has 3 aromatic rings. The normalized spacial score (nSPS) is 10.4. The van der Waals surface area contributed by atoms with Crippen molar-refractivity contribution in [2.24, 2.45) is 5.73 Å². The highest BCUT2D eigenvalue weighted by molar-refractivity contribution is 7.15. The highest BCUT2D eigenvalue weighted by atomic mass is 32.1. The molecule has 0 unspecified atom stereocenters. The largest absolute Gasteiger partial charge is 0.449 e. The summed E-state index contributed by atoms with van der Waals surface area (Å²) in [7, 11) is 0. The van der Waals surface area contributed by atoms with E-state index >= 15 is 0 Å². The third kappa shape index (κ3) is 5.98. The zero-order valence-corrected chi connectivity index (χ0v) is 15.8. The fourth-order valence-electron chi connectivity index (χ4n) is 2.44. The molecule has 150 valence electrons. The number of halogens is 2. The van der Waals surface area contributed by atoms with Gasteiger partial charge in [-0.3, -0.25) is 0 Å². The molecule has 1 heterocycles. The van der Waals surface area contributed by atoms with Crippen molar-refractivity contribution in [2.75, 3.05) is 17.2 Å². The van der Waals surface area contributed by atoms with Crippen LogP contribution in [-0.2, 0) is 11.2 Å². The lowest BCUT2D eigenvalue weighted by molar-refractivity contribution is 0.158. The molecule has 0 aliphatic rings. The number of primary amides is 1. The molecule has 0 saturated heterocycles. The molecule has 2 aromatic carbocycles. The number of hydrogen-bond donors (Lipinski definition) is 3. The number of urea groups is 1. The average Bonchev–Trinajstić information content (AvgIpc) is 3.10. The number of thiazole rings is 1. The summed E-state index contributed by atoms with van der Waals surface area (Å²) in [5.74, 6) is -1.57. The molecule has 0 aliphatic heterocycles. The molecular weight excluding hydrogens is 402 g/mol. The van der Waals surface area contributed by atoms with Crippen LogP contribution < -0.4 is 16.4 Å². The Morgan fingerprint density at radius 2 is 1.69 bits per heavy atom. The molecule has 0 atom stereocenters. The third-order valence-electron chi connectivity index (χ3n) is 3.66. The Bertz CT molecular complexity index is 1000. The maximum absolute atomic E-state index is 13.2. The van der Waals surface area contributed by atoms with E-state index in [0.29, 0.717) is 12.1 Å². The van der Waals surface area contributed by atoms with Gasteiger partial charge in [-0.2, -0.15) is 0 Å². The van der Waals surface area contributed by atoms with E-state index in [0.717, 1.165) is 33.6 Å². The fourth-order valence-corrected chi connectivity index (χ4v) is 3.34. The standard InChI is InChI=1S/C19H16F2N4O3S/c20-12-7-13(21)9-15(8-12)25-19(27)24-14-3-1-11(2-4-14)16-10-23-17(29-16)5-6-28-18(22)26/h1-4,7-10H,5-6H2,(H2,22,26)(H2,24,25,27). The second-order valence-corrected chi connectivity index (χ2v) is 6.97. The molecule has 0 radical (unpaired) electrons. The van der Waals surface area contributed by atoms with Crippen molar-refractivity contribution >= 4 is 34.8 Å². The minimum Gasteiger partial charge on any atom is -0.449 e. The van der Waals surface area contributed by atoms with Gasteiger partial charge in [0.15, 0.2) is 0 Å². The minimum atomic E-state index is -0.823. The van der Waals surface area contributed by atoms with Crippen molar-refractivity contribution in [3.63, 3.8) is 0 Å². The molecule has 7 nitrogen and oxygen atoms in total. The number of nitrogens with zero attached hydrogens (tertiary/aromatic N) is 1. The zero-order valence-electron chi connectivity index (χ0n) is 14.9. The number of carbonyl (C=O) groups excluding carboxylic acids is 2. The van der Waals surface area contributed by atoms with E-state index in [-0.39, 0.29) is 12.3 Å². The molecule has 10 heteroatoms. The van der Waals surface area contributed by atoms with Crippen molar-refractivity contribution < 1.29 is 23.1 Å². The first kappa shape index (κ1) is 20.2. The van der Waals surface area contributed by atoms with Gasteiger partial charge in [0, 0.05) is 30.1 Å². The van der Waals surface area contributed by atoms with Gasteiger partial charge in [0.05, 0.1) is 16.5 Å². The van der Waals surface area contributed by atoms with Gasteiger partial charge in [-0.15, -0.1) is 11.3 Å². The molecule has 0 spiro atoms. The van der Waals surface area contributed by atoms with Gasteiger partial charge in [-0.1, -0.05) is 12.1 Å². The van der Waals surface area contributed by atoms with E-state index in [9.17, 15) is 18.4 Å². The molecule has 3 amide bonds. The quantitative estimate of drug-likeness (QED) is 0.553. The van der Waals surface area contributed by atoms with Crippen molar-refractivity contribution in [3.05, 3.63) is 65.3 Å². The van der Waals surface area contributed by atoms with E-state index in [1.54, 1.807) is 30.5 Å². The Morgan fingerprint density at radius 3 is 2.34 bits per heavy atom. The van der Waals surface area contributed by atoms with Crippen molar-refractivity contribution in [1.82, 2.24) is 4.98 Å². The minimum absolute atomic E-state index is 0.00845. The Kier molecular flexibility index (Phi) is 6.35. The van der Waals surface area contributed by atoms with Gasteiger partial charge in [0.25, 0.3) is 0 Å². The number of anilines is 2. The average molecular weight is 418 g/mol. The van der Waals surface area contributed by atoms with Crippen LogP contribution in [0.15, 0.2) is 48.7 Å². The number of aromatic nitrogens is 1. The van der Waals surface area contributed by atoms with Gasteiger partial charge >= 0.3 is 12.1 Å². The predicted molar refractivity (Wildman–Crippen MR) is 106 cm³/mol. The zero-order chi connectivity index (χ0) is 20.8. The lowest BCUT2D eigenvalue weighted by Gasteiger charge is -2.08. The number of carbonyl (C=O) groups is 2. The first-order chi connectivity index (χ1) is 13.9. The predicted octanol–water partition coefficient (Wildman–Crippen LogP) is 4.37. The van der Waals surface area contributed by atoms with Crippen LogP contribution in [0.5, 0.6) is 0 Å². The maximum Gasteiger partial charge on any atom is 0.404 e. The van der Waals surface area contributed by atoms with E-state index in [1.165, 1.54) is 11.3 Å². The van der Waals surface area contributed by atoms with Gasteiger partial charge in [-0.05, 0) is 29.8 Å². The number of benzene rings is 2. The summed E-state index contributed by atoms with van der Waals surface area (Å²) < 4.78 is 31.0. The van der Waals surface area contributed by atoms with Crippen LogP contribution in [0.3, 0.4) is 0 Å². The number of hydrogen-bond acceptors (Lipinski definition) is 5. The number of nitrogens with one attached hydrogen (secondary N) is 2. The van der Waals surface area contributed by atoms with Crippen LogP contribution in [0.25, 0.3) is 10.4 Å². The highest BCUT2D eigenvalue weighted by Gasteiger charge is 2.08. The van der Waals surface area contributed by atoms with Gasteiger partial charge in [-0.25, -0.2) is 23.4 Å². The van der Waals surface area contributed by atoms with Crippen LogP contribution >= 0.6 is 11.3 Å². The third-order valence-corrected chi connectivity index (χ3v) is 4.77. The Balaban J connectivity index is 1.58. The highest BCUT2D eigenvalue weighted by Crippen LogP contribution is 2.27. The summed E-state index contributed by atoms with van der Waals surface area (Å²) in [5, 5.41) is 5.75. The summed E-state index contributed by atoms with van der Waals surface area (Å²) >= 11 is 1.45. The molecule has 4 N–H and O–H groups in total. The molecule has 0 bridgehead atoms. The summed E-state index contributed by atoms with van der Waals surface area (Å²) in [6.07, 6.45) is 1.35. The molecule has 29 heavy (non-hydrogen) atoms. The molecule has 1 aromatic heterocycles. The topological polar surface area (TPSA) is 106 Å². The fraction of sp³-hybridized carbons (Fsp3) is 0.105. The van der Waals surface area contributed by atoms with Crippen molar-refractivity contribution in [3.8, 4) is 10.4 Å². The molecule has 3 rings (SSSR count). The molecule has 0 fully saturated rings. The summed E-state index contributed by atoms with van der Waals surface area (Å²) in [5.41, 5.74) is 6.31. The van der Waals surface area contributed by atoms with E-state index in [2.05, 4.69) is 20.4 Å². The lowest BCUT2D eigenvalue weighted by Crippen LogP contribution is -2.19. The van der Waals surface area contributed by atoms with Gasteiger partial charge in [0.2, 0.25) is 0 Å². The maximum atomic E-state index is 13.2. The summed E-state index contributed by atoms with van der Waals surface area (Å²) in [4.78, 5) is 27.7. The van der Waals surface area contributed by atoms with Crippen LogP contribution in [0.1, 0.15) is 5.01 Å². The van der Waals surface area contributed by atoms with E-state index in [4.69, 9.17) is 5.73 Å². The van der Waals surface area contributed by atoms with E-state index < -0.39 is 23.8 Å². The molecular formula is C19H16F2N4O3S. The second-order valence-electron chi connectivity index (χ2n) is 5.85. The van der Waals surface area contributed by atoms with Crippen LogP contribution in [0.2, 0.25) is 0 Å². The van der Waals surface area contributed by atoms with Crippen molar-refractivity contribution in [1.29, 1.82) is 0 Å². The lowest BCUT2D eigenvalue weighted by atomic mass is 10.2. The van der Waals surface area contributed by atoms with Crippen LogP contribution in [-0.4, -0.2) is 23.7 Å². The number of amides is 3. The molecule has 0 saturated carbocycles. The molecule has 0 aliphatic carbocycles. The Labute approximate surface area is 168 Å². The smallest absolute Gasteiger partial charge is 0.404 e. The number of ether oxygens (including phenoxy) is 1. The van der Waals surface area contributed by atoms with Crippen LogP contribution in [0.4, 0.5) is 29.7 Å². The summed E-state index contributed by atoms with van der Waals surface area (Å²) in [6.45, 7) is 0.162. The number of rotatable bonds is 6. The van der Waals surface area contributed by atoms with E-state index in [1.807, 2.05) is 0 Å². The Morgan fingerprint density at radius 1 is 1.03 bits per heavy atom. The number of nitrogens with two attached hydrogens (primary N) is 1. The first-order valence-corrected chi connectivity index (χ1v) is 9.22. The van der Waals surface area contributed by atoms with Crippen molar-refractivity contribution in [2.45, 2.75) is 6.42 Å². The van der Waals surface area contributed by atoms with Crippen LogP contribution in [0, 0.1) is 11.6 Å².